The molecule has 2 aromatic rings. The molecule has 3 aliphatic rings. The summed E-state index contributed by atoms with van der Waals surface area (Å²) in [4.78, 5) is 2.53. The fourth-order valence-corrected chi connectivity index (χ4v) is 3.63. The maximum Gasteiger partial charge on any atom is 0.119 e. The van der Waals surface area contributed by atoms with E-state index in [0.29, 0.717) is 6.10 Å². The van der Waals surface area contributed by atoms with E-state index in [1.54, 1.807) is 0 Å². The van der Waals surface area contributed by atoms with E-state index >= 15 is 0 Å². The van der Waals surface area contributed by atoms with Gasteiger partial charge in [-0.3, -0.25) is 4.90 Å². The van der Waals surface area contributed by atoms with Crippen LogP contribution in [-0.4, -0.2) is 30.6 Å². The Labute approximate surface area is 138 Å². The van der Waals surface area contributed by atoms with Crippen molar-refractivity contribution < 1.29 is 4.74 Å². The number of hydrogen-bond acceptors (Lipinski definition) is 2. The van der Waals surface area contributed by atoms with Crippen LogP contribution in [0.2, 0.25) is 0 Å². The monoisotopic (exact) mass is 305 g/mol. The maximum atomic E-state index is 6.24. The number of rotatable bonds is 4. The minimum Gasteiger partial charge on any atom is -0.489 e. The van der Waals surface area contributed by atoms with Crippen molar-refractivity contribution in [1.82, 2.24) is 4.90 Å². The zero-order valence-electron chi connectivity index (χ0n) is 13.4. The Kier molecular flexibility index (Phi) is 4.16. The van der Waals surface area contributed by atoms with Crippen LogP contribution in [0.3, 0.4) is 0 Å². The summed E-state index contributed by atoms with van der Waals surface area (Å²) in [7, 11) is 0. The third-order valence-electron chi connectivity index (χ3n) is 5.03. The molecule has 2 heteroatoms. The molecule has 5 rings (SSSR count). The van der Waals surface area contributed by atoms with E-state index in [2.05, 4.69) is 65.6 Å². The molecule has 3 fully saturated rings. The van der Waals surface area contributed by atoms with Gasteiger partial charge in [0.05, 0.1) is 0 Å². The Hall–Kier alpha value is -2.06. The van der Waals surface area contributed by atoms with Crippen molar-refractivity contribution in [2.75, 3.05) is 19.6 Å². The van der Waals surface area contributed by atoms with E-state index in [4.69, 9.17) is 4.74 Å². The molecule has 3 aliphatic heterocycles. The average molecular weight is 305 g/mol. The SMILES string of the molecule is C(=Cc1ccc(OC2CN3CCC2CC3)cc1)c1ccccc1. The molecule has 0 radical (unpaired) electrons. The minimum absolute atomic E-state index is 0.378. The Morgan fingerprint density at radius 2 is 1.48 bits per heavy atom. The summed E-state index contributed by atoms with van der Waals surface area (Å²) >= 11 is 0. The Morgan fingerprint density at radius 1 is 0.826 bits per heavy atom. The van der Waals surface area contributed by atoms with Crippen molar-refractivity contribution >= 4 is 12.2 Å². The summed E-state index contributed by atoms with van der Waals surface area (Å²) in [6.45, 7) is 3.61. The molecule has 2 aromatic carbocycles. The van der Waals surface area contributed by atoms with E-state index < -0.39 is 0 Å². The van der Waals surface area contributed by atoms with Crippen molar-refractivity contribution in [3.05, 3.63) is 65.7 Å². The van der Waals surface area contributed by atoms with Gasteiger partial charge in [0.2, 0.25) is 0 Å². The van der Waals surface area contributed by atoms with Crippen LogP contribution >= 0.6 is 0 Å². The van der Waals surface area contributed by atoms with Crippen LogP contribution < -0.4 is 4.74 Å². The topological polar surface area (TPSA) is 12.5 Å². The fourth-order valence-electron chi connectivity index (χ4n) is 3.63. The van der Waals surface area contributed by atoms with Gasteiger partial charge in [-0.15, -0.1) is 0 Å². The molecular weight excluding hydrogens is 282 g/mol. The molecule has 3 heterocycles. The quantitative estimate of drug-likeness (QED) is 0.780. The largest absolute Gasteiger partial charge is 0.489 e. The summed E-state index contributed by atoms with van der Waals surface area (Å²) in [5, 5.41) is 0. The first-order valence-corrected chi connectivity index (χ1v) is 8.59. The van der Waals surface area contributed by atoms with E-state index in [-0.39, 0.29) is 0 Å². The molecular formula is C21H23NO. The van der Waals surface area contributed by atoms with Crippen LogP contribution in [0.4, 0.5) is 0 Å². The van der Waals surface area contributed by atoms with Gasteiger partial charge in [-0.25, -0.2) is 0 Å². The lowest BCUT2D eigenvalue weighted by Crippen LogP contribution is -2.52. The lowest BCUT2D eigenvalue weighted by molar-refractivity contribution is -0.00775. The molecule has 0 aliphatic carbocycles. The van der Waals surface area contributed by atoms with Gasteiger partial charge in [-0.1, -0.05) is 54.6 Å². The lowest BCUT2D eigenvalue weighted by Gasteiger charge is -2.44. The van der Waals surface area contributed by atoms with E-state index in [1.807, 2.05) is 6.07 Å². The van der Waals surface area contributed by atoms with Crippen molar-refractivity contribution in [3.8, 4) is 5.75 Å². The highest BCUT2D eigenvalue weighted by Gasteiger charge is 2.35. The minimum atomic E-state index is 0.378. The summed E-state index contributed by atoms with van der Waals surface area (Å²) in [5.41, 5.74) is 2.43. The highest BCUT2D eigenvalue weighted by molar-refractivity contribution is 5.69. The summed E-state index contributed by atoms with van der Waals surface area (Å²) in [6.07, 6.45) is 7.25. The van der Waals surface area contributed by atoms with Crippen LogP contribution in [-0.2, 0) is 0 Å². The molecule has 3 saturated heterocycles. The summed E-state index contributed by atoms with van der Waals surface area (Å²) < 4.78 is 6.24. The van der Waals surface area contributed by atoms with Crippen molar-refractivity contribution in [3.63, 3.8) is 0 Å². The van der Waals surface area contributed by atoms with Crippen LogP contribution in [0.15, 0.2) is 54.6 Å². The number of fused-ring (bicyclic) bond motifs is 3. The second-order valence-corrected chi connectivity index (χ2v) is 6.61. The first-order chi connectivity index (χ1) is 11.4. The van der Waals surface area contributed by atoms with Gasteiger partial charge in [0.25, 0.3) is 0 Å². The average Bonchev–Trinajstić information content (AvgIpc) is 2.63. The third-order valence-corrected chi connectivity index (χ3v) is 5.03. The van der Waals surface area contributed by atoms with Crippen molar-refractivity contribution in [1.29, 1.82) is 0 Å². The molecule has 2 bridgehead atoms. The van der Waals surface area contributed by atoms with Crippen LogP contribution in [0.25, 0.3) is 12.2 Å². The first kappa shape index (κ1) is 14.5. The van der Waals surface area contributed by atoms with Gasteiger partial charge in [0, 0.05) is 6.54 Å². The number of benzene rings is 2. The Bertz CT molecular complexity index is 654. The summed E-state index contributed by atoms with van der Waals surface area (Å²) in [5.74, 6) is 1.75. The smallest absolute Gasteiger partial charge is 0.119 e. The fraction of sp³-hybridized carbons (Fsp3) is 0.333. The van der Waals surface area contributed by atoms with Crippen molar-refractivity contribution in [2.24, 2.45) is 5.92 Å². The van der Waals surface area contributed by atoms with Gasteiger partial charge in [-0.05, 0) is 55.1 Å². The third kappa shape index (κ3) is 3.48. The van der Waals surface area contributed by atoms with Crippen molar-refractivity contribution in [2.45, 2.75) is 18.9 Å². The van der Waals surface area contributed by atoms with E-state index in [9.17, 15) is 0 Å². The predicted octanol–water partition coefficient (Wildman–Crippen LogP) is 4.33. The lowest BCUT2D eigenvalue weighted by atomic mass is 9.86. The van der Waals surface area contributed by atoms with Gasteiger partial charge >= 0.3 is 0 Å². The van der Waals surface area contributed by atoms with E-state index in [1.165, 1.54) is 37.1 Å². The number of hydrogen-bond donors (Lipinski definition) is 0. The van der Waals surface area contributed by atoms with Gasteiger partial charge in [0.15, 0.2) is 0 Å². The van der Waals surface area contributed by atoms with Crippen LogP contribution in [0.5, 0.6) is 5.75 Å². The zero-order valence-corrected chi connectivity index (χ0v) is 13.4. The second kappa shape index (κ2) is 6.59. The Morgan fingerprint density at radius 3 is 2.09 bits per heavy atom. The Balaban J connectivity index is 1.39. The van der Waals surface area contributed by atoms with Gasteiger partial charge in [-0.2, -0.15) is 0 Å². The molecule has 118 valence electrons. The molecule has 1 atom stereocenters. The number of nitrogens with zero attached hydrogens (tertiary/aromatic N) is 1. The summed E-state index contributed by atoms with van der Waals surface area (Å²) in [6, 6.07) is 18.9. The standard InChI is InChI=1S/C21H23NO/c1-2-4-17(5-3-1)6-7-18-8-10-20(11-9-18)23-21-16-22-14-12-19(21)13-15-22/h1-11,19,21H,12-16H2. The van der Waals surface area contributed by atoms with Crippen LogP contribution in [0, 0.1) is 5.92 Å². The zero-order chi connectivity index (χ0) is 15.5. The van der Waals surface area contributed by atoms with Gasteiger partial charge in [0.1, 0.15) is 11.9 Å². The molecule has 0 spiro atoms. The number of ether oxygens (including phenoxy) is 1. The highest BCUT2D eigenvalue weighted by atomic mass is 16.5. The molecule has 0 amide bonds. The molecule has 0 aromatic heterocycles. The van der Waals surface area contributed by atoms with Crippen LogP contribution in [0.1, 0.15) is 24.0 Å². The maximum absolute atomic E-state index is 6.24. The molecule has 23 heavy (non-hydrogen) atoms. The van der Waals surface area contributed by atoms with E-state index in [0.717, 1.165) is 18.2 Å². The first-order valence-electron chi connectivity index (χ1n) is 8.59. The molecule has 1 unspecified atom stereocenters. The highest BCUT2D eigenvalue weighted by Crippen LogP contribution is 2.30. The molecule has 0 N–H and O–H groups in total. The molecule has 2 nitrogen and oxygen atoms in total. The normalized spacial score (nSPS) is 26.5. The van der Waals surface area contributed by atoms with Gasteiger partial charge < -0.3 is 4.74 Å². The predicted molar refractivity (Wildman–Crippen MR) is 95.4 cm³/mol. The number of piperidine rings is 3. The molecule has 0 saturated carbocycles. The second-order valence-electron chi connectivity index (χ2n) is 6.61.